The summed E-state index contributed by atoms with van der Waals surface area (Å²) in [7, 11) is -4.29. The van der Waals surface area contributed by atoms with Crippen LogP contribution in [0.2, 0.25) is 0 Å². The molecule has 0 radical (unpaired) electrons. The molecular formula is C27H42N6O6Si. The van der Waals surface area contributed by atoms with Crippen LogP contribution in [-0.4, -0.2) is 81.7 Å². The van der Waals surface area contributed by atoms with Crippen molar-refractivity contribution in [3.63, 3.8) is 0 Å². The molecule has 12 nitrogen and oxygen atoms in total. The van der Waals surface area contributed by atoms with Crippen molar-refractivity contribution < 1.29 is 28.8 Å². The van der Waals surface area contributed by atoms with Crippen molar-refractivity contribution in [3.05, 3.63) is 42.1 Å². The van der Waals surface area contributed by atoms with Gasteiger partial charge >= 0.3 is 14.6 Å². The summed E-state index contributed by atoms with van der Waals surface area (Å²) >= 11 is 0. The van der Waals surface area contributed by atoms with Gasteiger partial charge in [-0.05, 0) is 45.2 Å². The third kappa shape index (κ3) is 9.88. The normalized spacial score (nSPS) is 13.4. The highest BCUT2D eigenvalue weighted by atomic mass is 28.4. The van der Waals surface area contributed by atoms with Crippen molar-refractivity contribution in [2.24, 2.45) is 11.7 Å². The molecule has 1 heterocycles. The summed E-state index contributed by atoms with van der Waals surface area (Å²) in [5.41, 5.74) is 4.30. The van der Waals surface area contributed by atoms with Crippen molar-refractivity contribution in [1.82, 2.24) is 25.8 Å². The molecule has 2 atom stereocenters. The molecule has 5 amide bonds. The molecule has 0 fully saturated rings. The summed E-state index contributed by atoms with van der Waals surface area (Å²) in [6.45, 7) is 11.2. The van der Waals surface area contributed by atoms with Crippen molar-refractivity contribution in [2.75, 3.05) is 12.7 Å². The van der Waals surface area contributed by atoms with Crippen LogP contribution in [-0.2, 0) is 9.59 Å². The van der Waals surface area contributed by atoms with E-state index in [9.17, 15) is 28.8 Å². The number of nitrogens with zero attached hydrogens (tertiary/aromatic N) is 2. The van der Waals surface area contributed by atoms with Gasteiger partial charge in [-0.25, -0.2) is 9.78 Å². The first-order chi connectivity index (χ1) is 18.5. The lowest BCUT2D eigenvalue weighted by molar-refractivity contribution is -0.127. The molecule has 40 heavy (non-hydrogen) atoms. The maximum atomic E-state index is 13.2. The second kappa shape index (κ2) is 13.7. The molecule has 0 aliphatic carbocycles. The quantitative estimate of drug-likeness (QED) is 0.205. The van der Waals surface area contributed by atoms with E-state index >= 15 is 0 Å². The molecule has 0 saturated heterocycles. The Hall–Kier alpha value is -3.55. The molecule has 1 aromatic carbocycles. The second-order valence-corrected chi connectivity index (χ2v) is 14.2. The Kier molecular flexibility index (Phi) is 11.2. The van der Waals surface area contributed by atoms with Crippen molar-refractivity contribution in [1.29, 1.82) is 0 Å². The highest BCUT2D eigenvalue weighted by molar-refractivity contribution is 6.67. The van der Waals surface area contributed by atoms with Gasteiger partial charge in [0, 0.05) is 17.5 Å². The number of para-hydroxylation sites is 1. The van der Waals surface area contributed by atoms with Crippen molar-refractivity contribution in [2.45, 2.75) is 71.6 Å². The number of rotatable bonds is 12. The first-order valence-corrected chi connectivity index (χ1v) is 15.5. The minimum absolute atomic E-state index is 0.0373. The van der Waals surface area contributed by atoms with Gasteiger partial charge in [-0.2, -0.15) is 0 Å². The Morgan fingerprint density at radius 2 is 1.70 bits per heavy atom. The first kappa shape index (κ1) is 32.7. The number of pyridine rings is 1. The number of carbonyl (C=O) groups is 4. The Morgan fingerprint density at radius 1 is 1.05 bits per heavy atom. The van der Waals surface area contributed by atoms with Crippen molar-refractivity contribution in [3.8, 4) is 0 Å². The van der Waals surface area contributed by atoms with E-state index in [4.69, 9.17) is 5.73 Å². The van der Waals surface area contributed by atoms with Gasteiger partial charge in [0.25, 0.3) is 5.91 Å². The van der Waals surface area contributed by atoms with Gasteiger partial charge in [0.15, 0.2) is 0 Å². The Bertz CT molecular complexity index is 1220. The van der Waals surface area contributed by atoms with Crippen LogP contribution in [0.4, 0.5) is 4.79 Å². The standard InChI is InChI=1S/C27H42N6O6Si/c1-7-23(40(38,39)16-33(15-17(2)3)26(37)32-27(4,5)6)31-25(36)21(14-22(28)34)30-24(35)20-13-12-18-10-8-9-11-19(18)29-20/h8-13,17,21,23,38-39H,7,14-16H2,1-6H3,(H2,28,34)(H,30,35)(H,31,36)(H,32,37). The zero-order chi connectivity index (χ0) is 30.3. The van der Waals surface area contributed by atoms with Gasteiger partial charge in [0.05, 0.1) is 23.8 Å². The fraction of sp³-hybridized carbons (Fsp3) is 0.519. The maximum absolute atomic E-state index is 13.2. The molecule has 0 aliphatic rings. The molecule has 0 aliphatic heterocycles. The number of primary amides is 1. The number of fused-ring (bicyclic) bond motifs is 1. The van der Waals surface area contributed by atoms with Gasteiger partial charge in [-0.15, -0.1) is 0 Å². The fourth-order valence-corrected chi connectivity index (χ4v) is 6.19. The second-order valence-electron chi connectivity index (χ2n) is 11.4. The number of hydrogen-bond acceptors (Lipinski definition) is 7. The van der Waals surface area contributed by atoms with Crippen LogP contribution < -0.4 is 21.7 Å². The van der Waals surface area contributed by atoms with Crippen LogP contribution in [0, 0.1) is 5.92 Å². The lowest BCUT2D eigenvalue weighted by Crippen LogP contribution is -2.66. The number of nitrogens with one attached hydrogen (secondary N) is 3. The topological polar surface area (TPSA) is 187 Å². The van der Waals surface area contributed by atoms with E-state index in [1.807, 2.05) is 46.8 Å². The average molecular weight is 575 g/mol. The third-order valence-electron chi connectivity index (χ3n) is 5.92. The Labute approximate surface area is 236 Å². The van der Waals surface area contributed by atoms with Gasteiger partial charge in [0.2, 0.25) is 11.8 Å². The maximum Gasteiger partial charge on any atom is 0.376 e. The molecule has 2 unspecified atom stereocenters. The van der Waals surface area contributed by atoms with E-state index in [2.05, 4.69) is 20.9 Å². The Balaban J connectivity index is 2.21. The van der Waals surface area contributed by atoms with E-state index in [0.717, 1.165) is 5.39 Å². The lowest BCUT2D eigenvalue weighted by Gasteiger charge is -2.36. The van der Waals surface area contributed by atoms with Gasteiger partial charge in [0.1, 0.15) is 11.7 Å². The number of carbonyl (C=O) groups excluding carboxylic acids is 4. The van der Waals surface area contributed by atoms with E-state index < -0.39 is 56.0 Å². The predicted molar refractivity (Wildman–Crippen MR) is 154 cm³/mol. The summed E-state index contributed by atoms with van der Waals surface area (Å²) in [5.74, 6) is -2.30. The van der Waals surface area contributed by atoms with Crippen LogP contribution >= 0.6 is 0 Å². The fourth-order valence-electron chi connectivity index (χ4n) is 4.10. The van der Waals surface area contributed by atoms with Crippen LogP contribution in [0.25, 0.3) is 10.9 Å². The molecular weight excluding hydrogens is 532 g/mol. The molecule has 2 rings (SSSR count). The molecule has 220 valence electrons. The van der Waals surface area contributed by atoms with Crippen molar-refractivity contribution >= 4 is 43.2 Å². The molecule has 0 saturated carbocycles. The zero-order valence-electron chi connectivity index (χ0n) is 24.0. The third-order valence-corrected chi connectivity index (χ3v) is 8.44. The van der Waals surface area contributed by atoms with Crippen LogP contribution in [0.15, 0.2) is 36.4 Å². The number of benzene rings is 1. The number of urea groups is 1. The largest absolute Gasteiger partial charge is 0.409 e. The highest BCUT2D eigenvalue weighted by Crippen LogP contribution is 2.14. The lowest BCUT2D eigenvalue weighted by atomic mass is 10.1. The summed E-state index contributed by atoms with van der Waals surface area (Å²) in [4.78, 5) is 78.7. The first-order valence-electron chi connectivity index (χ1n) is 13.3. The molecule has 2 aromatic rings. The molecule has 0 spiro atoms. The number of aromatic nitrogens is 1. The van der Waals surface area contributed by atoms with Gasteiger partial charge in [-0.1, -0.05) is 45.0 Å². The van der Waals surface area contributed by atoms with Crippen LogP contribution in [0.1, 0.15) is 64.9 Å². The number of hydrogen-bond donors (Lipinski definition) is 6. The summed E-state index contributed by atoms with van der Waals surface area (Å²) < 4.78 is 0. The van der Waals surface area contributed by atoms with E-state index in [1.165, 1.54) is 11.0 Å². The smallest absolute Gasteiger partial charge is 0.376 e. The summed E-state index contributed by atoms with van der Waals surface area (Å²) in [6, 6.07) is 8.57. The van der Waals surface area contributed by atoms with Gasteiger partial charge in [-0.3, -0.25) is 14.4 Å². The monoisotopic (exact) mass is 574 g/mol. The van der Waals surface area contributed by atoms with E-state index in [1.54, 1.807) is 25.1 Å². The molecule has 13 heteroatoms. The summed E-state index contributed by atoms with van der Waals surface area (Å²) in [5, 5.41) is 8.70. The average Bonchev–Trinajstić information content (AvgIpc) is 2.84. The summed E-state index contributed by atoms with van der Waals surface area (Å²) in [6.07, 6.45) is -0.745. The number of amides is 5. The minimum Gasteiger partial charge on any atom is -0.409 e. The molecule has 1 aromatic heterocycles. The van der Waals surface area contributed by atoms with Gasteiger partial charge < -0.3 is 36.2 Å². The minimum atomic E-state index is -4.29. The van der Waals surface area contributed by atoms with E-state index in [0.29, 0.717) is 5.52 Å². The zero-order valence-corrected chi connectivity index (χ0v) is 25.0. The van der Waals surface area contributed by atoms with Crippen LogP contribution in [0.5, 0.6) is 0 Å². The van der Waals surface area contributed by atoms with Crippen LogP contribution in [0.3, 0.4) is 0 Å². The molecule has 7 N–H and O–H groups in total. The van der Waals surface area contributed by atoms with E-state index in [-0.39, 0.29) is 30.7 Å². The Morgan fingerprint density at radius 3 is 2.27 bits per heavy atom. The highest BCUT2D eigenvalue weighted by Gasteiger charge is 2.44. The number of nitrogens with two attached hydrogens (primary N) is 1. The SMILES string of the molecule is CCC(NC(=O)C(CC(N)=O)NC(=O)c1ccc2ccccc2n1)[Si](O)(O)CN(CC(C)C)C(=O)NC(C)(C)C. The molecule has 0 bridgehead atoms. The predicted octanol–water partition coefficient (Wildman–Crippen LogP) is 1.07.